The van der Waals surface area contributed by atoms with E-state index in [1.807, 2.05) is 68.6 Å². The maximum Gasteiger partial charge on any atom is 0.336 e. The quantitative estimate of drug-likeness (QED) is 0.270. The van der Waals surface area contributed by atoms with Crippen molar-refractivity contribution in [2.75, 3.05) is 10.7 Å². The first-order chi connectivity index (χ1) is 17.5. The summed E-state index contributed by atoms with van der Waals surface area (Å²) in [4.78, 5) is 21.9. The van der Waals surface area contributed by atoms with Crippen molar-refractivity contribution in [3.05, 3.63) is 72.8 Å². The molecule has 0 fully saturated rings. The lowest BCUT2D eigenvalue weighted by molar-refractivity contribution is 0.207. The minimum Gasteiger partial charge on any atom is -0.459 e. The minimum absolute atomic E-state index is 0.0569. The summed E-state index contributed by atoms with van der Waals surface area (Å²) in [6.07, 6.45) is 5.24. The molecule has 36 heavy (non-hydrogen) atoms. The Kier molecular flexibility index (Phi) is 5.25. The van der Waals surface area contributed by atoms with E-state index in [4.69, 9.17) is 14.4 Å². The Morgan fingerprint density at radius 1 is 1.06 bits per heavy atom. The normalized spacial score (nSPS) is 12.6. The van der Waals surface area contributed by atoms with E-state index in [1.165, 1.54) is 0 Å². The van der Waals surface area contributed by atoms with Gasteiger partial charge in [0.25, 0.3) is 0 Å². The average molecular weight is 481 g/mol. The number of H-pyrrole nitrogens is 1. The first kappa shape index (κ1) is 21.7. The van der Waals surface area contributed by atoms with Gasteiger partial charge in [-0.15, -0.1) is 0 Å². The van der Waals surface area contributed by atoms with Crippen molar-refractivity contribution >= 4 is 34.3 Å². The number of hydrogen-bond donors (Lipinski definition) is 4. The van der Waals surface area contributed by atoms with Crippen molar-refractivity contribution in [1.29, 1.82) is 0 Å². The van der Waals surface area contributed by atoms with Crippen molar-refractivity contribution in [1.82, 2.24) is 30.5 Å². The van der Waals surface area contributed by atoms with Gasteiger partial charge in [0.2, 0.25) is 0 Å². The zero-order chi connectivity index (χ0) is 24.6. The summed E-state index contributed by atoms with van der Waals surface area (Å²) >= 11 is 0. The molecule has 0 saturated carbocycles. The number of rotatable bonds is 5. The lowest BCUT2D eigenvalue weighted by Crippen LogP contribution is -2.43. The number of carbonyl (C=O) groups excluding carboxylic acids is 1. The number of amides is 2. The van der Waals surface area contributed by atoms with Crippen LogP contribution >= 0.6 is 0 Å². The van der Waals surface area contributed by atoms with Crippen molar-refractivity contribution < 1.29 is 9.21 Å². The fraction of sp³-hybridized carbons (Fsp3) is 0.154. The van der Waals surface area contributed by atoms with E-state index in [0.29, 0.717) is 29.3 Å². The Hall–Kier alpha value is -4.86. The van der Waals surface area contributed by atoms with Crippen LogP contribution in [0.1, 0.15) is 19.4 Å². The molecule has 0 spiro atoms. The van der Waals surface area contributed by atoms with E-state index in [1.54, 1.807) is 17.5 Å². The van der Waals surface area contributed by atoms with Crippen LogP contribution in [0.5, 0.6) is 0 Å². The van der Waals surface area contributed by atoms with E-state index < -0.39 is 0 Å². The lowest BCUT2D eigenvalue weighted by Gasteiger charge is -2.18. The molecule has 1 aliphatic heterocycles. The van der Waals surface area contributed by atoms with E-state index in [9.17, 15) is 4.79 Å². The summed E-state index contributed by atoms with van der Waals surface area (Å²) in [7, 11) is 0. The number of benzene rings is 2. The summed E-state index contributed by atoms with van der Waals surface area (Å²) in [5, 5.41) is 14.7. The molecule has 4 heterocycles. The first-order valence-electron chi connectivity index (χ1n) is 11.6. The Balaban J connectivity index is 1.28. The largest absolute Gasteiger partial charge is 0.459 e. The molecular weight excluding hydrogens is 456 g/mol. The van der Waals surface area contributed by atoms with Crippen LogP contribution in [0.25, 0.3) is 33.6 Å². The van der Waals surface area contributed by atoms with Crippen molar-refractivity contribution in [3.63, 3.8) is 0 Å². The summed E-state index contributed by atoms with van der Waals surface area (Å²) in [6, 6.07) is 15.6. The molecule has 2 aromatic carbocycles. The highest BCUT2D eigenvalue weighted by Gasteiger charge is 2.24. The van der Waals surface area contributed by atoms with Crippen molar-refractivity contribution in [2.24, 2.45) is 0 Å². The van der Waals surface area contributed by atoms with Gasteiger partial charge in [0, 0.05) is 35.1 Å². The number of aromatic nitrogens is 4. The predicted octanol–water partition coefficient (Wildman–Crippen LogP) is 5.28. The Morgan fingerprint density at radius 2 is 1.89 bits per heavy atom. The minimum atomic E-state index is -0.163. The topological polar surface area (TPSA) is 124 Å². The number of anilines is 3. The second-order valence-corrected chi connectivity index (χ2v) is 8.89. The second-order valence-electron chi connectivity index (χ2n) is 8.89. The SMILES string of the molecule is CC(C)NC(=O)N1Cc2ccc(-c3nc(Nc4ccc(-c5cn[nH]c5)cc4)c4occc4n3)cc2N1. The van der Waals surface area contributed by atoms with Crippen molar-refractivity contribution in [3.8, 4) is 22.5 Å². The highest BCUT2D eigenvalue weighted by Crippen LogP contribution is 2.33. The Labute approximate surface area is 206 Å². The Bertz CT molecular complexity index is 1540. The number of hydrazine groups is 1. The van der Waals surface area contributed by atoms with Gasteiger partial charge in [-0.05, 0) is 43.2 Å². The third kappa shape index (κ3) is 4.09. The van der Waals surface area contributed by atoms with Gasteiger partial charge >= 0.3 is 6.03 Å². The summed E-state index contributed by atoms with van der Waals surface area (Å²) in [6.45, 7) is 4.35. The molecule has 3 aromatic heterocycles. The van der Waals surface area contributed by atoms with E-state index in [2.05, 4.69) is 26.3 Å². The smallest absolute Gasteiger partial charge is 0.336 e. The highest BCUT2D eigenvalue weighted by atomic mass is 16.3. The number of carbonyl (C=O) groups is 1. The Morgan fingerprint density at radius 3 is 2.67 bits per heavy atom. The summed E-state index contributed by atoms with van der Waals surface area (Å²) in [5.74, 6) is 1.12. The predicted molar refractivity (Wildman–Crippen MR) is 137 cm³/mol. The molecule has 180 valence electrons. The van der Waals surface area contributed by atoms with Crippen LogP contribution in [-0.4, -0.2) is 37.2 Å². The third-order valence-corrected chi connectivity index (χ3v) is 5.89. The van der Waals surface area contributed by atoms with Crippen LogP contribution in [0.15, 0.2) is 71.6 Å². The van der Waals surface area contributed by atoms with Gasteiger partial charge in [-0.25, -0.2) is 19.8 Å². The molecule has 0 bridgehead atoms. The average Bonchev–Trinajstić information content (AvgIpc) is 3.64. The first-order valence-corrected chi connectivity index (χ1v) is 11.6. The van der Waals surface area contributed by atoms with Crippen LogP contribution < -0.4 is 16.1 Å². The number of hydrogen-bond acceptors (Lipinski definition) is 7. The van der Waals surface area contributed by atoms with Gasteiger partial charge in [0.1, 0.15) is 5.52 Å². The highest BCUT2D eigenvalue weighted by molar-refractivity contribution is 5.88. The van der Waals surface area contributed by atoms with Crippen LogP contribution in [0.4, 0.5) is 22.0 Å². The fourth-order valence-electron chi connectivity index (χ4n) is 4.13. The van der Waals surface area contributed by atoms with E-state index in [-0.39, 0.29) is 12.1 Å². The molecule has 1 aliphatic rings. The molecule has 10 heteroatoms. The monoisotopic (exact) mass is 480 g/mol. The van der Waals surface area contributed by atoms with E-state index >= 15 is 0 Å². The molecule has 2 amide bonds. The standard InChI is InChI=1S/C26H24N8O2/c1-15(2)29-26(35)34-14-18-4-3-17(11-22(18)33-34)24-31-21-9-10-36-23(21)25(32-24)30-20-7-5-16(6-8-20)19-12-27-28-13-19/h3-13,15,33H,14H2,1-2H3,(H,27,28)(H,29,35)(H,30,31,32). The number of furan rings is 1. The van der Waals surface area contributed by atoms with Crippen molar-refractivity contribution in [2.45, 2.75) is 26.4 Å². The van der Waals surface area contributed by atoms with Gasteiger partial charge < -0.3 is 15.1 Å². The molecule has 0 unspecified atom stereocenters. The molecule has 0 saturated heterocycles. The second kappa shape index (κ2) is 8.73. The molecule has 0 atom stereocenters. The maximum atomic E-state index is 12.4. The van der Waals surface area contributed by atoms with Crippen LogP contribution in [0.3, 0.4) is 0 Å². The number of nitrogens with zero attached hydrogens (tertiary/aromatic N) is 4. The molecule has 5 aromatic rings. The van der Waals surface area contributed by atoms with Gasteiger partial charge in [-0.1, -0.05) is 24.3 Å². The third-order valence-electron chi connectivity index (χ3n) is 5.89. The van der Waals surface area contributed by atoms with Gasteiger partial charge in [0.15, 0.2) is 17.2 Å². The maximum absolute atomic E-state index is 12.4. The zero-order valence-electron chi connectivity index (χ0n) is 19.7. The van der Waals surface area contributed by atoms with Crippen LogP contribution in [0.2, 0.25) is 0 Å². The van der Waals surface area contributed by atoms with Crippen LogP contribution in [0, 0.1) is 0 Å². The summed E-state index contributed by atoms with van der Waals surface area (Å²) in [5.41, 5.74) is 10.1. The zero-order valence-corrected chi connectivity index (χ0v) is 19.7. The van der Waals surface area contributed by atoms with Crippen LogP contribution in [-0.2, 0) is 6.54 Å². The fourth-order valence-corrected chi connectivity index (χ4v) is 4.13. The van der Waals surface area contributed by atoms with E-state index in [0.717, 1.165) is 33.6 Å². The molecule has 10 nitrogen and oxygen atoms in total. The molecule has 0 aliphatic carbocycles. The summed E-state index contributed by atoms with van der Waals surface area (Å²) < 4.78 is 5.68. The van der Waals surface area contributed by atoms with Gasteiger partial charge in [-0.3, -0.25) is 10.5 Å². The number of aromatic amines is 1. The number of fused-ring (bicyclic) bond motifs is 2. The number of urea groups is 1. The molecule has 0 radical (unpaired) electrons. The van der Waals surface area contributed by atoms with Gasteiger partial charge in [0.05, 0.1) is 24.7 Å². The molecular formula is C26H24N8O2. The molecule has 6 rings (SSSR count). The lowest BCUT2D eigenvalue weighted by atomic mass is 10.1. The number of nitrogens with one attached hydrogen (secondary N) is 4. The van der Waals surface area contributed by atoms with Gasteiger partial charge in [-0.2, -0.15) is 5.10 Å². The molecule has 4 N–H and O–H groups in total.